The summed E-state index contributed by atoms with van der Waals surface area (Å²) in [5, 5.41) is 8.77. The number of amidine groups is 1. The zero-order valence-electron chi connectivity index (χ0n) is 10.1. The van der Waals surface area contributed by atoms with E-state index in [1.54, 1.807) is 18.3 Å². The third-order valence-electron chi connectivity index (χ3n) is 2.20. The van der Waals surface area contributed by atoms with Crippen LogP contribution in [0.1, 0.15) is 17.0 Å². The van der Waals surface area contributed by atoms with Gasteiger partial charge < -0.3 is 5.73 Å². The number of aromatic nitrogens is 3. The van der Waals surface area contributed by atoms with Crippen molar-refractivity contribution < 1.29 is 0 Å². The van der Waals surface area contributed by atoms with Gasteiger partial charge in [0.15, 0.2) is 5.16 Å². The second-order valence-corrected chi connectivity index (χ2v) is 4.82. The number of nitrogen functional groups attached to an aromatic ring is 1. The first-order valence-electron chi connectivity index (χ1n) is 5.35. The Bertz CT molecular complexity index is 577. The number of hydrogen-bond acceptors (Lipinski definition) is 5. The fraction of sp³-hybridized carbons (Fsp3) is 0.167. The zero-order chi connectivity index (χ0) is 13.1. The van der Waals surface area contributed by atoms with Gasteiger partial charge in [0.25, 0.3) is 0 Å². The van der Waals surface area contributed by atoms with Crippen LogP contribution < -0.4 is 5.73 Å². The van der Waals surface area contributed by atoms with Crippen LogP contribution in [0.3, 0.4) is 0 Å². The molecule has 3 N–H and O–H groups in total. The topological polar surface area (TPSA) is 88.5 Å². The SMILES string of the molecule is Cc1cc(C)nc(Sc2cc(C(=N)N)ccn2)n1. The van der Waals surface area contributed by atoms with E-state index in [4.69, 9.17) is 11.1 Å². The Morgan fingerprint density at radius 3 is 2.50 bits per heavy atom. The molecule has 2 aromatic rings. The van der Waals surface area contributed by atoms with Gasteiger partial charge in [0.1, 0.15) is 10.9 Å². The Morgan fingerprint density at radius 1 is 1.22 bits per heavy atom. The minimum atomic E-state index is 0.0283. The average molecular weight is 259 g/mol. The molecule has 0 aliphatic carbocycles. The first kappa shape index (κ1) is 12.5. The minimum Gasteiger partial charge on any atom is -0.384 e. The van der Waals surface area contributed by atoms with Crippen LogP contribution in [-0.4, -0.2) is 20.8 Å². The first-order valence-corrected chi connectivity index (χ1v) is 6.17. The number of nitrogens with zero attached hydrogens (tertiary/aromatic N) is 3. The van der Waals surface area contributed by atoms with E-state index >= 15 is 0 Å². The van der Waals surface area contributed by atoms with Gasteiger partial charge in [0.2, 0.25) is 0 Å². The van der Waals surface area contributed by atoms with Gasteiger partial charge in [-0.25, -0.2) is 15.0 Å². The maximum Gasteiger partial charge on any atom is 0.194 e. The van der Waals surface area contributed by atoms with Crippen LogP contribution in [0.2, 0.25) is 0 Å². The Kier molecular flexibility index (Phi) is 3.57. The number of pyridine rings is 1. The van der Waals surface area contributed by atoms with E-state index in [0.29, 0.717) is 10.7 Å². The smallest absolute Gasteiger partial charge is 0.194 e. The summed E-state index contributed by atoms with van der Waals surface area (Å²) < 4.78 is 0. The van der Waals surface area contributed by atoms with Crippen molar-refractivity contribution in [2.45, 2.75) is 24.0 Å². The molecule has 0 bridgehead atoms. The molecule has 2 rings (SSSR count). The Morgan fingerprint density at radius 2 is 1.89 bits per heavy atom. The summed E-state index contributed by atoms with van der Waals surface area (Å²) in [5.74, 6) is 0.0283. The summed E-state index contributed by atoms with van der Waals surface area (Å²) in [4.78, 5) is 12.9. The zero-order valence-corrected chi connectivity index (χ0v) is 11.0. The van der Waals surface area contributed by atoms with Crippen LogP contribution in [0, 0.1) is 19.3 Å². The molecule has 0 saturated heterocycles. The molecule has 0 aromatic carbocycles. The molecule has 0 unspecified atom stereocenters. The highest BCUT2D eigenvalue weighted by Crippen LogP contribution is 2.23. The summed E-state index contributed by atoms with van der Waals surface area (Å²) in [6, 6.07) is 5.38. The maximum atomic E-state index is 7.39. The molecule has 18 heavy (non-hydrogen) atoms. The van der Waals surface area contributed by atoms with Crippen LogP contribution in [0.4, 0.5) is 0 Å². The molecule has 0 radical (unpaired) electrons. The van der Waals surface area contributed by atoms with Gasteiger partial charge in [-0.1, -0.05) is 0 Å². The first-order chi connectivity index (χ1) is 8.54. The molecule has 92 valence electrons. The Hall–Kier alpha value is -1.95. The summed E-state index contributed by atoms with van der Waals surface area (Å²) in [6.45, 7) is 3.86. The highest BCUT2D eigenvalue weighted by Gasteiger charge is 2.05. The van der Waals surface area contributed by atoms with E-state index in [9.17, 15) is 0 Å². The van der Waals surface area contributed by atoms with Gasteiger partial charge in [-0.2, -0.15) is 0 Å². The van der Waals surface area contributed by atoms with E-state index in [2.05, 4.69) is 15.0 Å². The lowest BCUT2D eigenvalue weighted by atomic mass is 10.2. The quantitative estimate of drug-likeness (QED) is 0.499. The molecule has 0 fully saturated rings. The molecule has 2 aromatic heterocycles. The lowest BCUT2D eigenvalue weighted by Gasteiger charge is -2.03. The second-order valence-electron chi connectivity index (χ2n) is 3.83. The molecule has 0 aliphatic heterocycles. The number of nitrogens with one attached hydrogen (secondary N) is 1. The monoisotopic (exact) mass is 259 g/mol. The third kappa shape index (κ3) is 3.04. The fourth-order valence-corrected chi connectivity index (χ4v) is 2.33. The Balaban J connectivity index is 2.28. The summed E-state index contributed by atoms with van der Waals surface area (Å²) in [5.41, 5.74) is 7.94. The van der Waals surface area contributed by atoms with Crippen LogP contribution in [-0.2, 0) is 0 Å². The molecule has 0 saturated carbocycles. The van der Waals surface area contributed by atoms with Crippen molar-refractivity contribution >= 4 is 17.6 Å². The fourth-order valence-electron chi connectivity index (χ4n) is 1.47. The van der Waals surface area contributed by atoms with Crippen molar-refractivity contribution in [1.29, 1.82) is 5.41 Å². The predicted octanol–water partition coefficient (Wildman–Crippen LogP) is 1.92. The van der Waals surface area contributed by atoms with Crippen molar-refractivity contribution in [1.82, 2.24) is 15.0 Å². The summed E-state index contributed by atoms with van der Waals surface area (Å²) >= 11 is 1.36. The normalized spacial score (nSPS) is 10.3. The molecule has 6 heteroatoms. The molecule has 5 nitrogen and oxygen atoms in total. The lowest BCUT2D eigenvalue weighted by molar-refractivity contribution is 0.899. The van der Waals surface area contributed by atoms with Gasteiger partial charge in [0, 0.05) is 23.1 Å². The lowest BCUT2D eigenvalue weighted by Crippen LogP contribution is -2.11. The molecule has 0 amide bonds. The van der Waals surface area contributed by atoms with E-state index in [1.165, 1.54) is 11.8 Å². The van der Waals surface area contributed by atoms with Crippen LogP contribution in [0.5, 0.6) is 0 Å². The van der Waals surface area contributed by atoms with E-state index in [-0.39, 0.29) is 5.84 Å². The van der Waals surface area contributed by atoms with Crippen LogP contribution in [0.15, 0.2) is 34.6 Å². The molecule has 0 aliphatic rings. The van der Waals surface area contributed by atoms with Gasteiger partial charge >= 0.3 is 0 Å². The summed E-state index contributed by atoms with van der Waals surface area (Å²) in [7, 11) is 0. The molecular weight excluding hydrogens is 246 g/mol. The van der Waals surface area contributed by atoms with Crippen molar-refractivity contribution in [3.63, 3.8) is 0 Å². The largest absolute Gasteiger partial charge is 0.384 e. The van der Waals surface area contributed by atoms with Crippen molar-refractivity contribution in [2.75, 3.05) is 0 Å². The Labute approximate surface area is 109 Å². The maximum absolute atomic E-state index is 7.39. The molecule has 0 spiro atoms. The van der Waals surface area contributed by atoms with Crippen molar-refractivity contribution in [3.8, 4) is 0 Å². The molecule has 0 atom stereocenters. The van der Waals surface area contributed by atoms with Crippen molar-refractivity contribution in [3.05, 3.63) is 41.3 Å². The minimum absolute atomic E-state index is 0.0283. The van der Waals surface area contributed by atoms with E-state index in [0.717, 1.165) is 16.4 Å². The van der Waals surface area contributed by atoms with Gasteiger partial charge in [0.05, 0.1) is 0 Å². The van der Waals surface area contributed by atoms with Gasteiger partial charge in [-0.3, -0.25) is 5.41 Å². The summed E-state index contributed by atoms with van der Waals surface area (Å²) in [6.07, 6.45) is 1.63. The molecule has 2 heterocycles. The average Bonchev–Trinajstić information content (AvgIpc) is 2.27. The number of nitrogens with two attached hydrogens (primary N) is 1. The van der Waals surface area contributed by atoms with E-state index in [1.807, 2.05) is 19.9 Å². The van der Waals surface area contributed by atoms with Crippen molar-refractivity contribution in [2.24, 2.45) is 5.73 Å². The molecular formula is C12H13N5S. The standard InChI is InChI=1S/C12H13N5S/c1-7-5-8(2)17-12(16-7)18-10-6-9(11(13)14)3-4-15-10/h3-6H,1-2H3,(H3,13,14). The predicted molar refractivity (Wildman–Crippen MR) is 70.9 cm³/mol. The van der Waals surface area contributed by atoms with Gasteiger partial charge in [-0.15, -0.1) is 0 Å². The second kappa shape index (κ2) is 5.14. The third-order valence-corrected chi connectivity index (χ3v) is 3.00. The van der Waals surface area contributed by atoms with Crippen LogP contribution in [0.25, 0.3) is 0 Å². The van der Waals surface area contributed by atoms with Gasteiger partial charge in [-0.05, 0) is 43.8 Å². The van der Waals surface area contributed by atoms with E-state index < -0.39 is 0 Å². The highest BCUT2D eigenvalue weighted by molar-refractivity contribution is 7.99. The number of rotatable bonds is 3. The highest BCUT2D eigenvalue weighted by atomic mass is 32.2. The number of aryl methyl sites for hydroxylation is 2. The number of hydrogen-bond donors (Lipinski definition) is 2. The van der Waals surface area contributed by atoms with Crippen LogP contribution >= 0.6 is 11.8 Å².